The fourth-order valence-corrected chi connectivity index (χ4v) is 2.87. The minimum absolute atomic E-state index is 0.267. The van der Waals surface area contributed by atoms with Crippen molar-refractivity contribution in [3.63, 3.8) is 0 Å². The second-order valence-corrected chi connectivity index (χ2v) is 5.61. The molecule has 1 fully saturated rings. The summed E-state index contributed by atoms with van der Waals surface area (Å²) in [6, 6.07) is -0.784. The summed E-state index contributed by atoms with van der Waals surface area (Å²) < 4.78 is 64.8. The molecule has 15 heavy (non-hydrogen) atoms. The van der Waals surface area contributed by atoms with Gasteiger partial charge in [-0.3, -0.25) is 0 Å². The molecular formula is C6H9F3INO3S. The minimum Gasteiger partial charge on any atom is -0.376 e. The van der Waals surface area contributed by atoms with Crippen LogP contribution in [0.5, 0.6) is 0 Å². The molecule has 0 bridgehead atoms. The highest BCUT2D eigenvalue weighted by Crippen LogP contribution is 2.24. The van der Waals surface area contributed by atoms with Crippen LogP contribution in [-0.2, 0) is 14.8 Å². The average molecular weight is 359 g/mol. The summed E-state index contributed by atoms with van der Waals surface area (Å²) >= 11 is 1.94. The molecule has 1 rings (SSSR count). The van der Waals surface area contributed by atoms with Crippen LogP contribution in [0.3, 0.4) is 0 Å². The smallest absolute Gasteiger partial charge is 0.376 e. The van der Waals surface area contributed by atoms with Crippen molar-refractivity contribution in [2.75, 3.05) is 11.0 Å². The second kappa shape index (κ2) is 4.72. The van der Waals surface area contributed by atoms with Crippen LogP contribution < -0.4 is 4.72 Å². The van der Waals surface area contributed by atoms with Gasteiger partial charge in [0.05, 0.1) is 12.1 Å². The van der Waals surface area contributed by atoms with Crippen molar-refractivity contribution >= 4 is 32.6 Å². The lowest BCUT2D eigenvalue weighted by molar-refractivity contribution is -0.0452. The molecule has 1 N–H and O–H groups in total. The first kappa shape index (κ1) is 13.5. The number of nitrogens with one attached hydrogen (secondary N) is 1. The molecule has 0 aromatic heterocycles. The maximum Gasteiger partial charge on any atom is 0.511 e. The zero-order valence-electron chi connectivity index (χ0n) is 7.42. The zero-order chi connectivity index (χ0) is 11.7. The fourth-order valence-electron chi connectivity index (χ4n) is 1.20. The second-order valence-electron chi connectivity index (χ2n) is 3.03. The Hall–Kier alpha value is 0.390. The number of rotatable bonds is 3. The Kier molecular flexibility index (Phi) is 4.23. The minimum atomic E-state index is -5.26. The first-order valence-corrected chi connectivity index (χ1v) is 7.05. The van der Waals surface area contributed by atoms with Crippen LogP contribution in [0, 0.1) is 0 Å². The van der Waals surface area contributed by atoms with Gasteiger partial charge in [0.15, 0.2) is 0 Å². The first-order valence-electron chi connectivity index (χ1n) is 4.04. The van der Waals surface area contributed by atoms with Gasteiger partial charge in [0.25, 0.3) is 0 Å². The highest BCUT2D eigenvalue weighted by atomic mass is 127. The summed E-state index contributed by atoms with van der Waals surface area (Å²) in [6.07, 6.45) is -0.217. The third kappa shape index (κ3) is 3.17. The molecule has 0 aromatic carbocycles. The van der Waals surface area contributed by atoms with Gasteiger partial charge in [-0.05, 0) is 6.42 Å². The van der Waals surface area contributed by atoms with E-state index in [0.717, 1.165) is 0 Å². The molecule has 0 saturated carbocycles. The van der Waals surface area contributed by atoms with Crippen LogP contribution in [-0.4, -0.2) is 37.1 Å². The number of halogens is 4. The number of hydrogen-bond acceptors (Lipinski definition) is 3. The van der Waals surface area contributed by atoms with Crippen LogP contribution in [0.1, 0.15) is 6.42 Å². The maximum absolute atomic E-state index is 12.0. The molecule has 9 heteroatoms. The van der Waals surface area contributed by atoms with Gasteiger partial charge in [0, 0.05) is 11.0 Å². The average Bonchev–Trinajstić information content (AvgIpc) is 2.48. The summed E-state index contributed by atoms with van der Waals surface area (Å²) in [5.74, 6) is 0. The Labute approximate surface area is 98.7 Å². The van der Waals surface area contributed by atoms with E-state index >= 15 is 0 Å². The van der Waals surface area contributed by atoms with Crippen LogP contribution in [0.25, 0.3) is 0 Å². The molecule has 1 saturated heterocycles. The first-order chi connectivity index (χ1) is 6.78. The monoisotopic (exact) mass is 359 g/mol. The summed E-state index contributed by atoms with van der Waals surface area (Å²) in [5, 5.41) is 0. The van der Waals surface area contributed by atoms with Crippen LogP contribution >= 0.6 is 22.6 Å². The lowest BCUT2D eigenvalue weighted by Crippen LogP contribution is -2.46. The number of alkyl halides is 4. The van der Waals surface area contributed by atoms with Crippen molar-refractivity contribution in [2.24, 2.45) is 0 Å². The molecule has 1 aliphatic rings. The maximum atomic E-state index is 12.0. The topological polar surface area (TPSA) is 55.4 Å². The van der Waals surface area contributed by atoms with E-state index in [4.69, 9.17) is 4.74 Å². The molecule has 0 aliphatic carbocycles. The van der Waals surface area contributed by atoms with Gasteiger partial charge in [0.1, 0.15) is 0 Å². The van der Waals surface area contributed by atoms with Crippen molar-refractivity contribution in [1.29, 1.82) is 0 Å². The van der Waals surface area contributed by atoms with Gasteiger partial charge in [0.2, 0.25) is 0 Å². The molecule has 2 atom stereocenters. The summed E-state index contributed by atoms with van der Waals surface area (Å²) in [5.41, 5.74) is -5.26. The van der Waals surface area contributed by atoms with Crippen LogP contribution in [0.4, 0.5) is 13.2 Å². The van der Waals surface area contributed by atoms with Crippen LogP contribution in [0.2, 0.25) is 0 Å². The summed E-state index contributed by atoms with van der Waals surface area (Å²) in [4.78, 5) is 0. The van der Waals surface area contributed by atoms with Crippen molar-refractivity contribution in [3.05, 3.63) is 0 Å². The largest absolute Gasteiger partial charge is 0.511 e. The molecule has 0 aromatic rings. The molecular weight excluding hydrogens is 350 g/mol. The normalized spacial score (nSPS) is 28.3. The Morgan fingerprint density at radius 1 is 1.47 bits per heavy atom. The number of sulfonamides is 1. The van der Waals surface area contributed by atoms with Gasteiger partial charge < -0.3 is 4.74 Å². The predicted molar refractivity (Wildman–Crippen MR) is 55.1 cm³/mol. The van der Waals surface area contributed by atoms with E-state index in [-0.39, 0.29) is 13.0 Å². The molecule has 1 heterocycles. The van der Waals surface area contributed by atoms with E-state index < -0.39 is 27.7 Å². The third-order valence-corrected chi connectivity index (χ3v) is 4.06. The van der Waals surface area contributed by atoms with Crippen molar-refractivity contribution in [2.45, 2.75) is 24.1 Å². The predicted octanol–water partition coefficient (Wildman–Crippen LogP) is 1.02. The molecule has 4 nitrogen and oxygen atoms in total. The SMILES string of the molecule is O=S(=O)(N[C@@H]1CCO[C@@H]1CI)C(F)(F)F. The number of ether oxygens (including phenoxy) is 1. The molecule has 0 unspecified atom stereocenters. The molecule has 0 spiro atoms. The lowest BCUT2D eigenvalue weighted by Gasteiger charge is -2.18. The van der Waals surface area contributed by atoms with E-state index in [1.165, 1.54) is 0 Å². The van der Waals surface area contributed by atoms with Gasteiger partial charge >= 0.3 is 15.5 Å². The quantitative estimate of drug-likeness (QED) is 0.605. The lowest BCUT2D eigenvalue weighted by atomic mass is 10.2. The Morgan fingerprint density at radius 2 is 2.07 bits per heavy atom. The Balaban J connectivity index is 2.70. The van der Waals surface area contributed by atoms with Crippen molar-refractivity contribution in [3.8, 4) is 0 Å². The molecule has 90 valence electrons. The van der Waals surface area contributed by atoms with Crippen LogP contribution in [0.15, 0.2) is 0 Å². The third-order valence-electron chi connectivity index (χ3n) is 1.97. The fraction of sp³-hybridized carbons (Fsp3) is 1.00. The van der Waals surface area contributed by atoms with Crippen molar-refractivity contribution in [1.82, 2.24) is 4.72 Å². The molecule has 1 aliphatic heterocycles. The van der Waals surface area contributed by atoms with Gasteiger partial charge in [-0.25, -0.2) is 13.1 Å². The van der Waals surface area contributed by atoms with E-state index in [2.05, 4.69) is 0 Å². The Bertz CT molecular complexity index is 318. The summed E-state index contributed by atoms with van der Waals surface area (Å²) in [6.45, 7) is 0.277. The van der Waals surface area contributed by atoms with E-state index in [1.54, 1.807) is 4.72 Å². The Morgan fingerprint density at radius 3 is 2.53 bits per heavy atom. The van der Waals surface area contributed by atoms with Gasteiger partial charge in [-0.15, -0.1) is 0 Å². The summed E-state index contributed by atoms with van der Waals surface area (Å²) in [7, 11) is -5.26. The van der Waals surface area contributed by atoms with E-state index in [9.17, 15) is 21.6 Å². The highest BCUT2D eigenvalue weighted by Gasteiger charge is 2.48. The molecule has 0 amide bonds. The van der Waals surface area contributed by atoms with E-state index in [0.29, 0.717) is 4.43 Å². The number of hydrogen-bond donors (Lipinski definition) is 1. The highest BCUT2D eigenvalue weighted by molar-refractivity contribution is 14.1. The van der Waals surface area contributed by atoms with Gasteiger partial charge in [-0.2, -0.15) is 13.2 Å². The van der Waals surface area contributed by atoms with Crippen molar-refractivity contribution < 1.29 is 26.3 Å². The molecule has 0 radical (unpaired) electrons. The van der Waals surface area contributed by atoms with E-state index in [1.807, 2.05) is 22.6 Å². The van der Waals surface area contributed by atoms with Gasteiger partial charge in [-0.1, -0.05) is 22.6 Å². The zero-order valence-corrected chi connectivity index (χ0v) is 10.4. The standard InChI is InChI=1S/C6H9F3INO3S/c7-6(8,9)15(12,13)11-4-1-2-14-5(4)3-10/h4-5,11H,1-3H2/t4-,5-/m1/s1.